The van der Waals surface area contributed by atoms with Gasteiger partial charge in [-0.15, -0.1) is 0 Å². The first-order chi connectivity index (χ1) is 18.2. The summed E-state index contributed by atoms with van der Waals surface area (Å²) in [4.78, 5) is 42.4. The van der Waals surface area contributed by atoms with E-state index in [2.05, 4.69) is 10.6 Å². The van der Waals surface area contributed by atoms with E-state index in [1.807, 2.05) is 52.8 Å². The van der Waals surface area contributed by atoms with Gasteiger partial charge in [-0.3, -0.25) is 9.59 Å². The second kappa shape index (κ2) is 14.0. The Kier molecular flexibility index (Phi) is 11.4. The van der Waals surface area contributed by atoms with Crippen LogP contribution in [-0.4, -0.2) is 52.1 Å². The first-order valence-electron chi connectivity index (χ1n) is 13.7. The summed E-state index contributed by atoms with van der Waals surface area (Å²) in [5, 5.41) is 15.5. The molecule has 0 saturated heterocycles. The second-order valence-corrected chi connectivity index (χ2v) is 11.4. The highest BCUT2D eigenvalue weighted by Crippen LogP contribution is 2.28. The number of rotatable bonds is 11. The van der Waals surface area contributed by atoms with Gasteiger partial charge in [-0.25, -0.2) is 4.79 Å². The number of ether oxygens (including phenoxy) is 1. The maximum absolute atomic E-state index is 14.3. The highest BCUT2D eigenvalue weighted by Gasteiger charge is 2.37. The van der Waals surface area contributed by atoms with Crippen molar-refractivity contribution in [2.24, 2.45) is 0 Å². The van der Waals surface area contributed by atoms with Crippen molar-refractivity contribution in [1.29, 1.82) is 0 Å². The predicted molar refractivity (Wildman–Crippen MR) is 154 cm³/mol. The molecule has 3 N–H and O–H groups in total. The Bertz CT molecular complexity index is 1120. The van der Waals surface area contributed by atoms with Gasteiger partial charge in [0.2, 0.25) is 11.8 Å². The molecule has 0 aromatic heterocycles. The summed E-state index contributed by atoms with van der Waals surface area (Å²) < 4.78 is 5.47. The van der Waals surface area contributed by atoms with Gasteiger partial charge in [0.25, 0.3) is 0 Å². The van der Waals surface area contributed by atoms with Crippen molar-refractivity contribution >= 4 is 17.9 Å². The second-order valence-electron chi connectivity index (χ2n) is 11.4. The van der Waals surface area contributed by atoms with Gasteiger partial charge in [0.05, 0.1) is 0 Å². The Labute approximate surface area is 233 Å². The third kappa shape index (κ3) is 9.93. The number of hydrogen-bond acceptors (Lipinski definition) is 5. The average Bonchev–Trinajstić information content (AvgIpc) is 2.81. The zero-order chi connectivity index (χ0) is 29.3. The van der Waals surface area contributed by atoms with Crippen molar-refractivity contribution in [2.75, 3.05) is 6.54 Å². The molecule has 3 amide bonds. The largest absolute Gasteiger partial charge is 0.508 e. The first kappa shape index (κ1) is 31.7. The quantitative estimate of drug-likeness (QED) is 0.357. The van der Waals surface area contributed by atoms with Crippen LogP contribution in [0.1, 0.15) is 82.7 Å². The maximum atomic E-state index is 14.3. The standard InChI is InChI=1S/C31H45N3O5/c1-9-10-17-34(27(28(36)32-20(2)3)25-16-11-21(4)18-22(25)5)29(37)26(33-30(38)39-31(6,7)8)19-23-12-14-24(35)15-13-23/h11-16,18,20,26-27,35H,9-10,17,19H2,1-8H3,(H,32,36)(H,33,38). The van der Waals surface area contributed by atoms with Crippen molar-refractivity contribution in [1.82, 2.24) is 15.5 Å². The van der Waals surface area contributed by atoms with Gasteiger partial charge < -0.3 is 25.4 Å². The van der Waals surface area contributed by atoms with Gasteiger partial charge in [0.1, 0.15) is 23.4 Å². The molecule has 214 valence electrons. The van der Waals surface area contributed by atoms with Crippen molar-refractivity contribution < 1.29 is 24.2 Å². The molecule has 0 saturated carbocycles. The minimum Gasteiger partial charge on any atom is -0.508 e. The Morgan fingerprint density at radius 2 is 1.64 bits per heavy atom. The van der Waals surface area contributed by atoms with Crippen LogP contribution in [0, 0.1) is 13.8 Å². The summed E-state index contributed by atoms with van der Waals surface area (Å²) in [6, 6.07) is 10.3. The van der Waals surface area contributed by atoms with Crippen LogP contribution in [0.25, 0.3) is 0 Å². The van der Waals surface area contributed by atoms with Gasteiger partial charge in [0.15, 0.2) is 0 Å². The summed E-state index contributed by atoms with van der Waals surface area (Å²) in [5.74, 6) is -0.556. The molecule has 0 aliphatic rings. The number of aromatic hydroxyl groups is 1. The lowest BCUT2D eigenvalue weighted by Crippen LogP contribution is -2.54. The third-order valence-electron chi connectivity index (χ3n) is 6.11. The fourth-order valence-electron chi connectivity index (χ4n) is 4.36. The molecule has 0 fully saturated rings. The molecule has 0 aliphatic carbocycles. The van der Waals surface area contributed by atoms with Gasteiger partial charge in [-0.05, 0) is 83.7 Å². The van der Waals surface area contributed by atoms with Crippen LogP contribution in [-0.2, 0) is 20.7 Å². The summed E-state index contributed by atoms with van der Waals surface area (Å²) in [7, 11) is 0. The molecule has 0 heterocycles. The fraction of sp³-hybridized carbons (Fsp3) is 0.516. The van der Waals surface area contributed by atoms with Crippen LogP contribution in [0.4, 0.5) is 4.79 Å². The van der Waals surface area contributed by atoms with Crippen LogP contribution in [0.3, 0.4) is 0 Å². The SMILES string of the molecule is CCCCN(C(=O)C(Cc1ccc(O)cc1)NC(=O)OC(C)(C)C)C(C(=O)NC(C)C)c1ccc(C)cc1C. The number of phenols is 1. The summed E-state index contributed by atoms with van der Waals surface area (Å²) in [6.45, 7) is 15.3. The number of carbonyl (C=O) groups excluding carboxylic acids is 3. The van der Waals surface area contributed by atoms with Crippen molar-refractivity contribution in [3.05, 3.63) is 64.7 Å². The molecule has 0 radical (unpaired) electrons. The molecule has 2 unspecified atom stereocenters. The number of carbonyl (C=O) groups is 3. The molecule has 0 bridgehead atoms. The molecule has 2 aromatic carbocycles. The molecule has 2 rings (SSSR count). The molecular weight excluding hydrogens is 494 g/mol. The predicted octanol–water partition coefficient (Wildman–Crippen LogP) is 5.34. The summed E-state index contributed by atoms with van der Waals surface area (Å²) >= 11 is 0. The number of nitrogens with zero attached hydrogens (tertiary/aromatic N) is 1. The number of amides is 3. The van der Waals surface area contributed by atoms with Crippen molar-refractivity contribution in [2.45, 2.75) is 98.4 Å². The van der Waals surface area contributed by atoms with Crippen LogP contribution in [0.5, 0.6) is 5.75 Å². The first-order valence-corrected chi connectivity index (χ1v) is 13.7. The minimum atomic E-state index is -0.999. The minimum absolute atomic E-state index is 0.103. The van der Waals surface area contributed by atoms with Gasteiger partial charge in [-0.1, -0.05) is 49.2 Å². The summed E-state index contributed by atoms with van der Waals surface area (Å²) in [5.41, 5.74) is 2.69. The molecule has 39 heavy (non-hydrogen) atoms. The normalized spacial score (nSPS) is 12.9. The Hall–Kier alpha value is -3.55. The number of phenolic OH excluding ortho intramolecular Hbond substituents is 1. The van der Waals surface area contributed by atoms with E-state index in [1.54, 1.807) is 37.8 Å². The number of alkyl carbamates (subject to hydrolysis) is 1. The van der Waals surface area contributed by atoms with E-state index in [9.17, 15) is 19.5 Å². The number of nitrogens with one attached hydrogen (secondary N) is 2. The van der Waals surface area contributed by atoms with Crippen LogP contribution in [0.15, 0.2) is 42.5 Å². The monoisotopic (exact) mass is 539 g/mol. The van der Waals surface area contributed by atoms with E-state index in [-0.39, 0.29) is 30.0 Å². The lowest BCUT2D eigenvalue weighted by molar-refractivity contribution is -0.142. The van der Waals surface area contributed by atoms with Crippen LogP contribution in [0.2, 0.25) is 0 Å². The van der Waals surface area contributed by atoms with Crippen molar-refractivity contribution in [3.63, 3.8) is 0 Å². The smallest absolute Gasteiger partial charge is 0.408 e. The van der Waals surface area contributed by atoms with Crippen LogP contribution < -0.4 is 10.6 Å². The highest BCUT2D eigenvalue weighted by molar-refractivity contribution is 5.92. The van der Waals surface area contributed by atoms with Gasteiger partial charge in [-0.2, -0.15) is 0 Å². The van der Waals surface area contributed by atoms with Gasteiger partial charge in [0, 0.05) is 19.0 Å². The van der Waals surface area contributed by atoms with E-state index in [4.69, 9.17) is 4.74 Å². The zero-order valence-electron chi connectivity index (χ0n) is 24.6. The summed E-state index contributed by atoms with van der Waals surface area (Å²) in [6.07, 6.45) is 0.939. The van der Waals surface area contributed by atoms with E-state index in [0.29, 0.717) is 13.0 Å². The molecule has 0 spiro atoms. The molecular formula is C31H45N3O5. The molecule has 2 aromatic rings. The third-order valence-corrected chi connectivity index (χ3v) is 6.11. The molecule has 8 heteroatoms. The topological polar surface area (TPSA) is 108 Å². The lowest BCUT2D eigenvalue weighted by atomic mass is 9.95. The van der Waals surface area contributed by atoms with Crippen LogP contribution >= 0.6 is 0 Å². The molecule has 0 aliphatic heterocycles. The van der Waals surface area contributed by atoms with Crippen molar-refractivity contribution in [3.8, 4) is 5.75 Å². The Balaban J connectivity index is 2.58. The number of benzene rings is 2. The molecule has 2 atom stereocenters. The van der Waals surface area contributed by atoms with Gasteiger partial charge >= 0.3 is 6.09 Å². The maximum Gasteiger partial charge on any atom is 0.408 e. The van der Waals surface area contributed by atoms with E-state index >= 15 is 0 Å². The average molecular weight is 540 g/mol. The Morgan fingerprint density at radius 3 is 2.18 bits per heavy atom. The number of unbranched alkanes of at least 4 members (excludes halogenated alkanes) is 1. The lowest BCUT2D eigenvalue weighted by Gasteiger charge is -2.35. The Morgan fingerprint density at radius 1 is 1.00 bits per heavy atom. The van der Waals surface area contributed by atoms with E-state index < -0.39 is 23.8 Å². The number of hydrogen-bond donors (Lipinski definition) is 3. The van der Waals surface area contributed by atoms with E-state index in [0.717, 1.165) is 28.7 Å². The zero-order valence-corrected chi connectivity index (χ0v) is 24.6. The molecule has 8 nitrogen and oxygen atoms in total. The van der Waals surface area contributed by atoms with E-state index in [1.165, 1.54) is 12.1 Å². The fourth-order valence-corrected chi connectivity index (χ4v) is 4.36. The number of aryl methyl sites for hydroxylation is 2. The highest BCUT2D eigenvalue weighted by atomic mass is 16.6.